The molecule has 1 nitrogen and oxygen atoms in total. The molecular weight excluding hydrogens is 272 g/mol. The summed E-state index contributed by atoms with van der Waals surface area (Å²) in [7, 11) is 0. The minimum Gasteiger partial charge on any atom is -0.432 e. The molecule has 0 aliphatic carbocycles. The normalized spacial score (nSPS) is 10.6. The first kappa shape index (κ1) is 10.7. The maximum atomic E-state index is 12.9. The summed E-state index contributed by atoms with van der Waals surface area (Å²) in [4.78, 5) is 0. The van der Waals surface area contributed by atoms with Gasteiger partial charge in [-0.25, -0.2) is 4.39 Å². The number of halogens is 5. The highest BCUT2D eigenvalue weighted by Crippen LogP contribution is 2.30. The molecule has 0 fully saturated rings. The second-order valence-electron chi connectivity index (χ2n) is 2.08. The van der Waals surface area contributed by atoms with Gasteiger partial charge in [0, 0.05) is 4.47 Å². The molecule has 0 unspecified atom stereocenters. The van der Waals surface area contributed by atoms with E-state index in [1.165, 1.54) is 6.07 Å². The van der Waals surface area contributed by atoms with Gasteiger partial charge in [-0.3, -0.25) is 0 Å². The summed E-state index contributed by atoms with van der Waals surface area (Å²) in [5.41, 5.74) is 0. The average Bonchev–Trinajstić information content (AvgIpc) is 1.98. The third-order valence-corrected chi connectivity index (χ3v) is 1.91. The van der Waals surface area contributed by atoms with Gasteiger partial charge in [-0.05, 0) is 12.1 Å². The number of hydrogen-bond acceptors (Lipinski definition) is 1. The SMILES string of the molecule is Fc1c(Cl)cc(Br)cc1OC(F)F. The maximum Gasteiger partial charge on any atom is 0.387 e. The molecule has 0 heterocycles. The van der Waals surface area contributed by atoms with Gasteiger partial charge < -0.3 is 4.74 Å². The predicted octanol–water partition coefficient (Wildman–Crippen LogP) is 3.84. The second kappa shape index (κ2) is 4.19. The van der Waals surface area contributed by atoms with E-state index in [1.807, 2.05) is 0 Å². The van der Waals surface area contributed by atoms with Crippen LogP contribution in [0.4, 0.5) is 13.2 Å². The molecule has 1 aromatic carbocycles. The Morgan fingerprint density at radius 3 is 2.54 bits per heavy atom. The van der Waals surface area contributed by atoms with Gasteiger partial charge in [-0.15, -0.1) is 0 Å². The molecule has 0 bridgehead atoms. The molecule has 0 aliphatic rings. The summed E-state index contributed by atoms with van der Waals surface area (Å²) in [6.45, 7) is -3.07. The molecule has 0 spiro atoms. The number of rotatable bonds is 2. The molecule has 6 heteroatoms. The molecule has 1 aromatic rings. The molecule has 0 amide bonds. The molecule has 0 aromatic heterocycles. The smallest absolute Gasteiger partial charge is 0.387 e. The van der Waals surface area contributed by atoms with E-state index in [0.717, 1.165) is 6.07 Å². The maximum absolute atomic E-state index is 12.9. The van der Waals surface area contributed by atoms with Crippen LogP contribution in [-0.2, 0) is 0 Å². The molecule has 0 aliphatic heterocycles. The first-order valence-electron chi connectivity index (χ1n) is 3.10. The van der Waals surface area contributed by atoms with E-state index in [-0.39, 0.29) is 5.02 Å². The molecular formula is C7H3BrClF3O. The number of ether oxygens (including phenoxy) is 1. The van der Waals surface area contributed by atoms with E-state index in [1.54, 1.807) is 0 Å². The van der Waals surface area contributed by atoms with Crippen molar-refractivity contribution in [2.75, 3.05) is 0 Å². The minimum atomic E-state index is -3.07. The lowest BCUT2D eigenvalue weighted by atomic mass is 10.3. The summed E-state index contributed by atoms with van der Waals surface area (Å²) >= 11 is 8.33. The van der Waals surface area contributed by atoms with Crippen molar-refractivity contribution in [2.24, 2.45) is 0 Å². The molecule has 13 heavy (non-hydrogen) atoms. The Labute approximate surface area is 85.6 Å². The Kier molecular flexibility index (Phi) is 3.44. The first-order valence-corrected chi connectivity index (χ1v) is 4.27. The van der Waals surface area contributed by atoms with Crippen LogP contribution in [0.15, 0.2) is 16.6 Å². The number of benzene rings is 1. The van der Waals surface area contributed by atoms with Crippen molar-refractivity contribution in [1.29, 1.82) is 0 Å². The van der Waals surface area contributed by atoms with Crippen LogP contribution >= 0.6 is 27.5 Å². The zero-order valence-corrected chi connectivity index (χ0v) is 8.37. The van der Waals surface area contributed by atoms with Gasteiger partial charge in [0.2, 0.25) is 0 Å². The monoisotopic (exact) mass is 274 g/mol. The largest absolute Gasteiger partial charge is 0.432 e. The van der Waals surface area contributed by atoms with Gasteiger partial charge in [-0.1, -0.05) is 27.5 Å². The van der Waals surface area contributed by atoms with Crippen LogP contribution in [0, 0.1) is 5.82 Å². The van der Waals surface area contributed by atoms with Crippen molar-refractivity contribution in [2.45, 2.75) is 6.61 Å². The molecule has 0 radical (unpaired) electrons. The fourth-order valence-corrected chi connectivity index (χ4v) is 1.49. The Bertz CT molecular complexity index is 319. The van der Waals surface area contributed by atoms with Crippen molar-refractivity contribution >= 4 is 27.5 Å². The van der Waals surface area contributed by atoms with Gasteiger partial charge in [0.25, 0.3) is 0 Å². The average molecular weight is 275 g/mol. The van der Waals surface area contributed by atoms with Crippen LogP contribution in [0.1, 0.15) is 0 Å². The van der Waals surface area contributed by atoms with Crippen LogP contribution in [0.25, 0.3) is 0 Å². The molecule has 0 atom stereocenters. The van der Waals surface area contributed by atoms with E-state index in [2.05, 4.69) is 20.7 Å². The van der Waals surface area contributed by atoms with Crippen molar-refractivity contribution < 1.29 is 17.9 Å². The highest BCUT2D eigenvalue weighted by molar-refractivity contribution is 9.10. The Hall–Kier alpha value is -0.420. The van der Waals surface area contributed by atoms with Crippen LogP contribution in [0.3, 0.4) is 0 Å². The molecule has 0 saturated carbocycles. The standard InChI is InChI=1S/C7H3BrClF3O/c8-3-1-4(9)6(10)5(2-3)13-7(11)12/h1-2,7H. The molecule has 0 saturated heterocycles. The van der Waals surface area contributed by atoms with Gasteiger partial charge in [-0.2, -0.15) is 8.78 Å². The van der Waals surface area contributed by atoms with E-state index >= 15 is 0 Å². The fraction of sp³-hybridized carbons (Fsp3) is 0.143. The lowest BCUT2D eigenvalue weighted by molar-refractivity contribution is -0.0522. The zero-order chi connectivity index (χ0) is 10.0. The fourth-order valence-electron chi connectivity index (χ4n) is 0.714. The lowest BCUT2D eigenvalue weighted by Gasteiger charge is -2.06. The summed E-state index contributed by atoms with van der Waals surface area (Å²) in [5.74, 6) is -1.57. The third-order valence-electron chi connectivity index (χ3n) is 1.18. The highest BCUT2D eigenvalue weighted by atomic mass is 79.9. The van der Waals surface area contributed by atoms with E-state index in [0.29, 0.717) is 4.47 Å². The van der Waals surface area contributed by atoms with Crippen molar-refractivity contribution in [1.82, 2.24) is 0 Å². The van der Waals surface area contributed by atoms with Crippen molar-refractivity contribution in [3.8, 4) is 5.75 Å². The zero-order valence-electron chi connectivity index (χ0n) is 6.03. The number of alkyl halides is 2. The first-order chi connectivity index (χ1) is 6.00. The second-order valence-corrected chi connectivity index (χ2v) is 3.40. The summed E-state index contributed by atoms with van der Waals surface area (Å²) in [6, 6.07) is 2.32. The Balaban J connectivity index is 3.05. The van der Waals surface area contributed by atoms with Crippen molar-refractivity contribution in [3.05, 3.63) is 27.4 Å². The van der Waals surface area contributed by atoms with E-state index in [4.69, 9.17) is 11.6 Å². The Morgan fingerprint density at radius 2 is 2.00 bits per heavy atom. The summed E-state index contributed by atoms with van der Waals surface area (Å²) in [6.07, 6.45) is 0. The Morgan fingerprint density at radius 1 is 1.38 bits per heavy atom. The minimum absolute atomic E-state index is 0.273. The quantitative estimate of drug-likeness (QED) is 0.745. The summed E-state index contributed by atoms with van der Waals surface area (Å²) < 4.78 is 40.6. The highest BCUT2D eigenvalue weighted by Gasteiger charge is 2.13. The van der Waals surface area contributed by atoms with Crippen LogP contribution < -0.4 is 4.74 Å². The molecule has 72 valence electrons. The van der Waals surface area contributed by atoms with Gasteiger partial charge in [0.05, 0.1) is 5.02 Å². The summed E-state index contributed by atoms with van der Waals surface area (Å²) in [5, 5.41) is -0.273. The lowest BCUT2D eigenvalue weighted by Crippen LogP contribution is -2.03. The number of hydrogen-bond donors (Lipinski definition) is 0. The van der Waals surface area contributed by atoms with Crippen LogP contribution in [0.5, 0.6) is 5.75 Å². The van der Waals surface area contributed by atoms with Crippen LogP contribution in [0.2, 0.25) is 5.02 Å². The molecule has 0 N–H and O–H groups in total. The van der Waals surface area contributed by atoms with E-state index < -0.39 is 18.2 Å². The van der Waals surface area contributed by atoms with Crippen molar-refractivity contribution in [3.63, 3.8) is 0 Å². The predicted molar refractivity (Wildman–Crippen MR) is 45.7 cm³/mol. The van der Waals surface area contributed by atoms with Gasteiger partial charge in [0.1, 0.15) is 0 Å². The molecule has 1 rings (SSSR count). The van der Waals surface area contributed by atoms with Gasteiger partial charge in [0.15, 0.2) is 11.6 Å². The van der Waals surface area contributed by atoms with Gasteiger partial charge >= 0.3 is 6.61 Å². The topological polar surface area (TPSA) is 9.23 Å². The van der Waals surface area contributed by atoms with Crippen LogP contribution in [-0.4, -0.2) is 6.61 Å². The van der Waals surface area contributed by atoms with E-state index in [9.17, 15) is 13.2 Å². The third kappa shape index (κ3) is 2.77.